The summed E-state index contributed by atoms with van der Waals surface area (Å²) >= 11 is 0. The molecular formula is C18H19FN4O. The summed E-state index contributed by atoms with van der Waals surface area (Å²) in [7, 11) is 1.86. The smallest absolute Gasteiger partial charge is 0.129 e. The first kappa shape index (κ1) is 16.3. The van der Waals surface area contributed by atoms with Gasteiger partial charge in [-0.25, -0.2) is 4.39 Å². The number of halogens is 1. The van der Waals surface area contributed by atoms with E-state index in [1.54, 1.807) is 35.3 Å². The highest BCUT2D eigenvalue weighted by molar-refractivity contribution is 5.61. The van der Waals surface area contributed by atoms with Crippen LogP contribution in [0.4, 0.5) is 4.39 Å². The van der Waals surface area contributed by atoms with Gasteiger partial charge in [0.15, 0.2) is 0 Å². The third-order valence-electron chi connectivity index (χ3n) is 3.78. The fraction of sp³-hybridized carbons (Fsp3) is 0.222. The summed E-state index contributed by atoms with van der Waals surface area (Å²) in [5.41, 5.74) is 3.15. The third kappa shape index (κ3) is 3.67. The van der Waals surface area contributed by atoms with Crippen LogP contribution in [0.2, 0.25) is 0 Å². The Morgan fingerprint density at radius 3 is 2.71 bits per heavy atom. The molecule has 0 amide bonds. The van der Waals surface area contributed by atoms with E-state index in [1.165, 1.54) is 6.07 Å². The van der Waals surface area contributed by atoms with Crippen LogP contribution in [0.1, 0.15) is 17.2 Å². The predicted octanol–water partition coefficient (Wildman–Crippen LogP) is 2.44. The number of hydrogen-bond acceptors (Lipinski definition) is 4. The average molecular weight is 326 g/mol. The zero-order valence-corrected chi connectivity index (χ0v) is 13.4. The summed E-state index contributed by atoms with van der Waals surface area (Å²) in [4.78, 5) is 4.02. The van der Waals surface area contributed by atoms with Gasteiger partial charge in [-0.3, -0.25) is 9.67 Å². The maximum Gasteiger partial charge on any atom is 0.129 e. The molecule has 0 aliphatic rings. The van der Waals surface area contributed by atoms with Crippen LogP contribution >= 0.6 is 0 Å². The van der Waals surface area contributed by atoms with Crippen molar-refractivity contribution in [1.29, 1.82) is 0 Å². The fourth-order valence-electron chi connectivity index (χ4n) is 2.62. The minimum absolute atomic E-state index is 0.256. The Morgan fingerprint density at radius 1 is 1.21 bits per heavy atom. The van der Waals surface area contributed by atoms with Crippen molar-refractivity contribution < 1.29 is 9.50 Å². The molecule has 0 aliphatic carbocycles. The van der Waals surface area contributed by atoms with Gasteiger partial charge in [-0.15, -0.1) is 0 Å². The lowest BCUT2D eigenvalue weighted by molar-refractivity contribution is 0.169. The van der Waals surface area contributed by atoms with Crippen molar-refractivity contribution in [3.05, 3.63) is 71.9 Å². The van der Waals surface area contributed by atoms with Gasteiger partial charge in [0, 0.05) is 55.4 Å². The van der Waals surface area contributed by atoms with E-state index in [-0.39, 0.29) is 6.54 Å². The second kappa shape index (κ2) is 7.33. The summed E-state index contributed by atoms with van der Waals surface area (Å²) in [5.74, 6) is -0.398. The van der Waals surface area contributed by atoms with Crippen LogP contribution in [0, 0.1) is 5.82 Å². The highest BCUT2D eigenvalue weighted by atomic mass is 19.1. The number of nitrogens with zero attached hydrogens (tertiary/aromatic N) is 3. The molecule has 124 valence electrons. The van der Waals surface area contributed by atoms with E-state index in [0.29, 0.717) is 12.1 Å². The number of pyridine rings is 1. The molecule has 0 bridgehead atoms. The molecule has 1 atom stereocenters. The first-order chi connectivity index (χ1) is 11.6. The molecule has 2 heterocycles. The number of nitrogens with one attached hydrogen (secondary N) is 1. The molecule has 1 aromatic carbocycles. The highest BCUT2D eigenvalue weighted by Gasteiger charge is 2.13. The maximum atomic E-state index is 13.7. The molecule has 3 rings (SSSR count). The molecule has 0 saturated carbocycles. The van der Waals surface area contributed by atoms with Gasteiger partial charge in [-0.05, 0) is 18.2 Å². The molecular weight excluding hydrogens is 307 g/mol. The number of hydrogen-bond donors (Lipinski definition) is 2. The van der Waals surface area contributed by atoms with Crippen molar-refractivity contribution in [2.24, 2.45) is 7.05 Å². The molecule has 0 radical (unpaired) electrons. The van der Waals surface area contributed by atoms with Crippen LogP contribution < -0.4 is 5.32 Å². The van der Waals surface area contributed by atoms with E-state index in [1.807, 2.05) is 25.4 Å². The third-order valence-corrected chi connectivity index (χ3v) is 3.78. The monoisotopic (exact) mass is 326 g/mol. The molecule has 0 spiro atoms. The van der Waals surface area contributed by atoms with Gasteiger partial charge in [0.25, 0.3) is 0 Å². The molecule has 24 heavy (non-hydrogen) atoms. The van der Waals surface area contributed by atoms with Gasteiger partial charge >= 0.3 is 0 Å². The van der Waals surface area contributed by atoms with E-state index in [9.17, 15) is 9.50 Å². The summed E-state index contributed by atoms with van der Waals surface area (Å²) in [5, 5.41) is 17.8. The minimum atomic E-state index is -0.896. The van der Waals surface area contributed by atoms with Gasteiger partial charge in [-0.2, -0.15) is 5.10 Å². The van der Waals surface area contributed by atoms with Crippen molar-refractivity contribution in [3.63, 3.8) is 0 Å². The van der Waals surface area contributed by atoms with Crippen LogP contribution in [0.25, 0.3) is 11.3 Å². The van der Waals surface area contributed by atoms with Crippen molar-refractivity contribution >= 4 is 0 Å². The van der Waals surface area contributed by atoms with Crippen LogP contribution in [0.3, 0.4) is 0 Å². The summed E-state index contributed by atoms with van der Waals surface area (Å²) < 4.78 is 15.4. The number of aromatic nitrogens is 3. The number of aryl methyl sites for hydroxylation is 1. The van der Waals surface area contributed by atoms with Crippen molar-refractivity contribution in [2.45, 2.75) is 12.6 Å². The van der Waals surface area contributed by atoms with Gasteiger partial charge < -0.3 is 10.4 Å². The van der Waals surface area contributed by atoms with Gasteiger partial charge in [0.2, 0.25) is 0 Å². The van der Waals surface area contributed by atoms with Crippen molar-refractivity contribution in [3.8, 4) is 11.3 Å². The Kier molecular flexibility index (Phi) is 4.98. The Morgan fingerprint density at radius 2 is 1.96 bits per heavy atom. The number of aliphatic hydroxyl groups excluding tert-OH is 1. The van der Waals surface area contributed by atoms with E-state index in [2.05, 4.69) is 15.4 Å². The highest BCUT2D eigenvalue weighted by Crippen LogP contribution is 2.21. The van der Waals surface area contributed by atoms with Crippen LogP contribution in [-0.4, -0.2) is 26.4 Å². The van der Waals surface area contributed by atoms with Crippen LogP contribution in [0.5, 0.6) is 0 Å². The normalized spacial score (nSPS) is 12.3. The summed E-state index contributed by atoms with van der Waals surface area (Å²) in [6, 6.07) is 10.1. The van der Waals surface area contributed by atoms with Crippen molar-refractivity contribution in [1.82, 2.24) is 20.1 Å². The standard InChI is InChI=1S/C18H19FN4O/c1-23-12-14(18(22-23)13-6-8-20-9-7-13)10-21-11-17(24)15-4-2-3-5-16(15)19/h2-9,12,17,21,24H,10-11H2,1H3/t17-/m1/s1. The molecule has 2 N–H and O–H groups in total. The fourth-order valence-corrected chi connectivity index (χ4v) is 2.62. The molecule has 0 saturated heterocycles. The molecule has 0 unspecified atom stereocenters. The molecule has 0 aliphatic heterocycles. The zero-order chi connectivity index (χ0) is 16.9. The average Bonchev–Trinajstić information content (AvgIpc) is 2.97. The topological polar surface area (TPSA) is 63.0 Å². The largest absolute Gasteiger partial charge is 0.387 e. The quantitative estimate of drug-likeness (QED) is 0.730. The summed E-state index contributed by atoms with van der Waals surface area (Å²) in [6.07, 6.45) is 4.48. The lowest BCUT2D eigenvalue weighted by Crippen LogP contribution is -2.21. The van der Waals surface area contributed by atoms with Gasteiger partial charge in [0.1, 0.15) is 5.82 Å². The predicted molar refractivity (Wildman–Crippen MR) is 89.5 cm³/mol. The van der Waals surface area contributed by atoms with E-state index in [4.69, 9.17) is 0 Å². The van der Waals surface area contributed by atoms with E-state index < -0.39 is 11.9 Å². The SMILES string of the molecule is Cn1cc(CNC[C@@H](O)c2ccccc2F)c(-c2ccncc2)n1. The molecule has 2 aromatic heterocycles. The first-order valence-electron chi connectivity index (χ1n) is 7.71. The Balaban J connectivity index is 1.67. The first-order valence-corrected chi connectivity index (χ1v) is 7.71. The Labute approximate surface area is 139 Å². The summed E-state index contributed by atoms with van der Waals surface area (Å²) in [6.45, 7) is 0.780. The lowest BCUT2D eigenvalue weighted by Gasteiger charge is -2.13. The van der Waals surface area contributed by atoms with E-state index >= 15 is 0 Å². The van der Waals surface area contributed by atoms with Crippen LogP contribution in [-0.2, 0) is 13.6 Å². The number of benzene rings is 1. The van der Waals surface area contributed by atoms with E-state index in [0.717, 1.165) is 16.8 Å². The van der Waals surface area contributed by atoms with Crippen molar-refractivity contribution in [2.75, 3.05) is 6.54 Å². The maximum absolute atomic E-state index is 13.7. The zero-order valence-electron chi connectivity index (χ0n) is 13.4. The molecule has 0 fully saturated rings. The second-order valence-corrected chi connectivity index (χ2v) is 5.58. The number of rotatable bonds is 6. The number of aliphatic hydroxyl groups is 1. The van der Waals surface area contributed by atoms with Crippen LogP contribution in [0.15, 0.2) is 55.0 Å². The second-order valence-electron chi connectivity index (χ2n) is 5.58. The Bertz CT molecular complexity index is 804. The van der Waals surface area contributed by atoms with Gasteiger partial charge in [-0.1, -0.05) is 18.2 Å². The van der Waals surface area contributed by atoms with Gasteiger partial charge in [0.05, 0.1) is 11.8 Å². The molecule has 6 heteroatoms. The molecule has 3 aromatic rings. The lowest BCUT2D eigenvalue weighted by atomic mass is 10.1. The minimum Gasteiger partial charge on any atom is -0.387 e. The Hall–Kier alpha value is -2.57. The molecule has 5 nitrogen and oxygen atoms in total.